The van der Waals surface area contributed by atoms with Crippen LogP contribution in [0, 0.1) is 20.8 Å². The largest absolute Gasteiger partial charge is 0.383 e. The minimum Gasteiger partial charge on any atom is -0.383 e. The Morgan fingerprint density at radius 1 is 1.09 bits per heavy atom. The maximum Gasteiger partial charge on any atom is 0.252 e. The molecule has 0 fully saturated rings. The Balaban J connectivity index is 1.76. The van der Waals surface area contributed by atoms with E-state index in [2.05, 4.69) is 24.4 Å². The molecular weight excluding hydrogens is 412 g/mol. The van der Waals surface area contributed by atoms with E-state index in [1.165, 1.54) is 0 Å². The molecule has 6 heteroatoms. The zero-order valence-electron chi connectivity index (χ0n) is 19.8. The molecule has 1 amide bonds. The Morgan fingerprint density at radius 2 is 1.82 bits per heavy atom. The van der Waals surface area contributed by atoms with E-state index < -0.39 is 0 Å². The molecule has 0 bridgehead atoms. The predicted molar refractivity (Wildman–Crippen MR) is 131 cm³/mol. The van der Waals surface area contributed by atoms with Gasteiger partial charge in [-0.3, -0.25) is 9.48 Å². The van der Waals surface area contributed by atoms with Crippen molar-refractivity contribution in [3.05, 3.63) is 82.7 Å². The van der Waals surface area contributed by atoms with Crippen LogP contribution in [-0.2, 0) is 11.3 Å². The summed E-state index contributed by atoms with van der Waals surface area (Å²) in [4.78, 5) is 18.0. The summed E-state index contributed by atoms with van der Waals surface area (Å²) >= 11 is 0. The lowest BCUT2D eigenvalue weighted by atomic mass is 9.98. The average molecular weight is 443 g/mol. The molecule has 1 N–H and O–H groups in total. The molecule has 0 saturated heterocycles. The number of methoxy groups -OCH3 is 1. The first-order valence-electron chi connectivity index (χ1n) is 11.2. The highest BCUT2D eigenvalue weighted by Gasteiger charge is 2.20. The summed E-state index contributed by atoms with van der Waals surface area (Å²) in [7, 11) is 1.69. The number of aromatic nitrogens is 3. The van der Waals surface area contributed by atoms with Gasteiger partial charge in [0.1, 0.15) is 0 Å². The summed E-state index contributed by atoms with van der Waals surface area (Å²) in [6, 6.07) is 17.6. The Hall–Kier alpha value is -3.51. The predicted octanol–water partition coefficient (Wildman–Crippen LogP) is 5.16. The van der Waals surface area contributed by atoms with Gasteiger partial charge in [-0.25, -0.2) is 4.98 Å². The number of fused-ring (bicyclic) bond motifs is 1. The molecular formula is C27H30N4O2. The van der Waals surface area contributed by atoms with Gasteiger partial charge in [-0.05, 0) is 57.0 Å². The number of benzene rings is 2. The first kappa shape index (κ1) is 22.7. The van der Waals surface area contributed by atoms with Crippen molar-refractivity contribution in [2.45, 2.75) is 40.3 Å². The van der Waals surface area contributed by atoms with Crippen molar-refractivity contribution >= 4 is 16.8 Å². The number of carbonyl (C=O) groups is 1. The fourth-order valence-electron chi connectivity index (χ4n) is 4.33. The molecule has 1 atom stereocenters. The van der Waals surface area contributed by atoms with Crippen molar-refractivity contribution in [2.24, 2.45) is 0 Å². The summed E-state index contributed by atoms with van der Waals surface area (Å²) in [5.41, 5.74) is 7.43. The fourth-order valence-corrected chi connectivity index (χ4v) is 4.33. The van der Waals surface area contributed by atoms with Gasteiger partial charge < -0.3 is 10.1 Å². The molecule has 1 unspecified atom stereocenters. The van der Waals surface area contributed by atoms with E-state index in [0.29, 0.717) is 18.7 Å². The number of hydrogen-bond acceptors (Lipinski definition) is 4. The number of pyridine rings is 1. The Labute approximate surface area is 194 Å². The topological polar surface area (TPSA) is 69.0 Å². The molecule has 0 aliphatic rings. The van der Waals surface area contributed by atoms with Crippen LogP contribution in [0.25, 0.3) is 22.2 Å². The quantitative estimate of drug-likeness (QED) is 0.429. The zero-order chi connectivity index (χ0) is 23.5. The van der Waals surface area contributed by atoms with Crippen LogP contribution < -0.4 is 5.32 Å². The monoisotopic (exact) mass is 442 g/mol. The third-order valence-electron chi connectivity index (χ3n) is 6.10. The molecule has 4 aromatic rings. The second-order valence-electron chi connectivity index (χ2n) is 8.39. The fraction of sp³-hybridized carbons (Fsp3) is 0.296. The molecule has 0 radical (unpaired) electrons. The molecule has 2 aromatic carbocycles. The van der Waals surface area contributed by atoms with Crippen molar-refractivity contribution < 1.29 is 9.53 Å². The molecule has 0 aliphatic heterocycles. The minimum atomic E-state index is -0.201. The maximum atomic E-state index is 13.0. The van der Waals surface area contributed by atoms with Crippen LogP contribution in [0.2, 0.25) is 0 Å². The lowest BCUT2D eigenvalue weighted by Crippen LogP contribution is -2.27. The Bertz CT molecular complexity index is 1310. The van der Waals surface area contributed by atoms with E-state index in [-0.39, 0.29) is 11.9 Å². The first-order valence-corrected chi connectivity index (χ1v) is 11.2. The standard InChI is InChI=1S/C27H30N4O2/c1-17-10-6-7-11-21(17)27(32)28-18(2)23-16-25(29-24-13-9-8-12-22(23)24)26-19(3)30-31(20(26)4)14-15-33-5/h6-13,16,18H,14-15H2,1-5H3,(H,28,32). The van der Waals surface area contributed by atoms with Gasteiger partial charge >= 0.3 is 0 Å². The lowest BCUT2D eigenvalue weighted by Gasteiger charge is -2.18. The van der Waals surface area contributed by atoms with Crippen molar-refractivity contribution in [3.8, 4) is 11.3 Å². The number of hydrogen-bond donors (Lipinski definition) is 1. The number of nitrogens with one attached hydrogen (secondary N) is 1. The van der Waals surface area contributed by atoms with Crippen LogP contribution in [0.4, 0.5) is 0 Å². The number of para-hydroxylation sites is 1. The van der Waals surface area contributed by atoms with Gasteiger partial charge in [0.15, 0.2) is 0 Å². The van der Waals surface area contributed by atoms with Crippen LogP contribution >= 0.6 is 0 Å². The summed E-state index contributed by atoms with van der Waals surface area (Å²) in [6.07, 6.45) is 0. The number of amides is 1. The van der Waals surface area contributed by atoms with Crippen LogP contribution in [0.5, 0.6) is 0 Å². The summed E-state index contributed by atoms with van der Waals surface area (Å²) in [5, 5.41) is 8.91. The highest BCUT2D eigenvalue weighted by Crippen LogP contribution is 2.32. The van der Waals surface area contributed by atoms with Crippen LogP contribution in [0.15, 0.2) is 54.6 Å². The van der Waals surface area contributed by atoms with Crippen molar-refractivity contribution in [1.82, 2.24) is 20.1 Å². The van der Waals surface area contributed by atoms with Crippen LogP contribution in [-0.4, -0.2) is 34.4 Å². The van der Waals surface area contributed by atoms with E-state index in [4.69, 9.17) is 14.8 Å². The lowest BCUT2D eigenvalue weighted by molar-refractivity contribution is 0.0939. The summed E-state index contributed by atoms with van der Waals surface area (Å²) in [5.74, 6) is -0.0808. The van der Waals surface area contributed by atoms with Crippen LogP contribution in [0.1, 0.15) is 45.8 Å². The smallest absolute Gasteiger partial charge is 0.252 e. The second-order valence-corrected chi connectivity index (χ2v) is 8.39. The molecule has 170 valence electrons. The van der Waals surface area contributed by atoms with Crippen molar-refractivity contribution in [2.75, 3.05) is 13.7 Å². The van der Waals surface area contributed by atoms with Gasteiger partial charge in [0.25, 0.3) is 5.91 Å². The highest BCUT2D eigenvalue weighted by atomic mass is 16.5. The SMILES string of the molecule is COCCn1nc(C)c(-c2cc(C(C)NC(=O)c3ccccc3C)c3ccccc3n2)c1C. The van der Waals surface area contributed by atoms with E-state index in [9.17, 15) is 4.79 Å². The van der Waals surface area contributed by atoms with E-state index >= 15 is 0 Å². The zero-order valence-corrected chi connectivity index (χ0v) is 19.8. The second kappa shape index (κ2) is 9.55. The minimum absolute atomic E-state index is 0.0808. The number of carbonyl (C=O) groups excluding carboxylic acids is 1. The first-order chi connectivity index (χ1) is 15.9. The van der Waals surface area contributed by atoms with Gasteiger partial charge in [0.2, 0.25) is 0 Å². The average Bonchev–Trinajstić information content (AvgIpc) is 3.09. The maximum absolute atomic E-state index is 13.0. The van der Waals surface area contributed by atoms with E-state index in [1.807, 2.05) is 67.9 Å². The van der Waals surface area contributed by atoms with Crippen LogP contribution in [0.3, 0.4) is 0 Å². The number of nitrogens with zero attached hydrogens (tertiary/aromatic N) is 3. The van der Waals surface area contributed by atoms with E-state index in [0.717, 1.165) is 44.7 Å². The summed E-state index contributed by atoms with van der Waals surface area (Å²) in [6.45, 7) is 9.32. The van der Waals surface area contributed by atoms with Gasteiger partial charge in [0.05, 0.1) is 36.1 Å². The Kier molecular flexibility index (Phi) is 6.56. The number of ether oxygens (including phenoxy) is 1. The van der Waals surface area contributed by atoms with Gasteiger partial charge in [-0.1, -0.05) is 36.4 Å². The molecule has 2 heterocycles. The summed E-state index contributed by atoms with van der Waals surface area (Å²) < 4.78 is 7.20. The third kappa shape index (κ3) is 4.52. The van der Waals surface area contributed by atoms with E-state index in [1.54, 1.807) is 7.11 Å². The van der Waals surface area contributed by atoms with Gasteiger partial charge in [0, 0.05) is 29.3 Å². The molecule has 0 aliphatic carbocycles. The number of rotatable bonds is 7. The molecule has 0 saturated carbocycles. The molecule has 4 rings (SSSR count). The van der Waals surface area contributed by atoms with Gasteiger partial charge in [-0.2, -0.15) is 5.10 Å². The molecule has 2 aromatic heterocycles. The highest BCUT2D eigenvalue weighted by molar-refractivity contribution is 5.96. The molecule has 6 nitrogen and oxygen atoms in total. The van der Waals surface area contributed by atoms with Crippen molar-refractivity contribution in [3.63, 3.8) is 0 Å². The number of aryl methyl sites for hydroxylation is 2. The molecule has 33 heavy (non-hydrogen) atoms. The van der Waals surface area contributed by atoms with Gasteiger partial charge in [-0.15, -0.1) is 0 Å². The molecule has 0 spiro atoms. The Morgan fingerprint density at radius 3 is 2.58 bits per heavy atom. The van der Waals surface area contributed by atoms with Crippen molar-refractivity contribution in [1.29, 1.82) is 0 Å². The third-order valence-corrected chi connectivity index (χ3v) is 6.10. The normalized spacial score (nSPS) is 12.2.